The smallest absolute Gasteiger partial charge is 0.119 e. The molecule has 94 valence electrons. The average molecular weight is 243 g/mol. The van der Waals surface area contributed by atoms with Crippen LogP contribution >= 0.6 is 0 Å². The van der Waals surface area contributed by atoms with Gasteiger partial charge in [0.1, 0.15) is 5.75 Å². The first kappa shape index (κ1) is 12.2. The van der Waals surface area contributed by atoms with Crippen LogP contribution in [-0.2, 0) is 6.54 Å². The number of ether oxygens (including phenoxy) is 1. The summed E-state index contributed by atoms with van der Waals surface area (Å²) in [5.41, 5.74) is 8.40. The van der Waals surface area contributed by atoms with Crippen LogP contribution in [0.3, 0.4) is 0 Å². The van der Waals surface area contributed by atoms with Crippen molar-refractivity contribution in [1.82, 2.24) is 4.98 Å². The van der Waals surface area contributed by atoms with Gasteiger partial charge >= 0.3 is 0 Å². The first-order chi connectivity index (χ1) is 8.69. The van der Waals surface area contributed by atoms with Gasteiger partial charge < -0.3 is 15.4 Å². The Morgan fingerprint density at radius 2 is 1.89 bits per heavy atom. The van der Waals surface area contributed by atoms with E-state index in [0.29, 0.717) is 5.69 Å². The van der Waals surface area contributed by atoms with Gasteiger partial charge in [-0.15, -0.1) is 0 Å². The van der Waals surface area contributed by atoms with E-state index in [4.69, 9.17) is 10.5 Å². The van der Waals surface area contributed by atoms with Gasteiger partial charge in [0.15, 0.2) is 0 Å². The molecule has 0 aliphatic carbocycles. The fourth-order valence-corrected chi connectivity index (χ4v) is 1.70. The third-order valence-electron chi connectivity index (χ3n) is 2.76. The molecule has 1 aromatic carbocycles. The van der Waals surface area contributed by atoms with E-state index in [1.807, 2.05) is 43.4 Å². The number of rotatable bonds is 4. The fraction of sp³-hybridized carbons (Fsp3) is 0.214. The Bertz CT molecular complexity index is 493. The van der Waals surface area contributed by atoms with E-state index in [2.05, 4.69) is 9.88 Å². The van der Waals surface area contributed by atoms with Crippen LogP contribution in [0.4, 0.5) is 11.4 Å². The van der Waals surface area contributed by atoms with E-state index in [0.717, 1.165) is 23.7 Å². The Kier molecular flexibility index (Phi) is 3.67. The molecule has 4 heteroatoms. The summed E-state index contributed by atoms with van der Waals surface area (Å²) in [6, 6.07) is 11.7. The molecular formula is C14H17N3O. The Morgan fingerprint density at radius 3 is 2.44 bits per heavy atom. The van der Waals surface area contributed by atoms with Gasteiger partial charge in [-0.1, -0.05) is 0 Å². The van der Waals surface area contributed by atoms with Gasteiger partial charge in [0.05, 0.1) is 31.2 Å². The minimum atomic E-state index is 0.686. The number of aromatic nitrogens is 1. The van der Waals surface area contributed by atoms with E-state index < -0.39 is 0 Å². The summed E-state index contributed by atoms with van der Waals surface area (Å²) in [4.78, 5) is 6.41. The summed E-state index contributed by atoms with van der Waals surface area (Å²) in [7, 11) is 3.69. The molecule has 0 spiro atoms. The van der Waals surface area contributed by atoms with Gasteiger partial charge in [-0.25, -0.2) is 0 Å². The summed E-state index contributed by atoms with van der Waals surface area (Å²) in [5, 5.41) is 0. The number of benzene rings is 1. The van der Waals surface area contributed by atoms with Crippen molar-refractivity contribution in [3.05, 3.63) is 48.3 Å². The first-order valence-electron chi connectivity index (χ1n) is 5.74. The molecular weight excluding hydrogens is 226 g/mol. The van der Waals surface area contributed by atoms with Gasteiger partial charge in [0, 0.05) is 12.7 Å². The number of methoxy groups -OCH3 is 1. The SMILES string of the molecule is COc1ccc(N(C)Cc2ccc(N)cn2)cc1. The van der Waals surface area contributed by atoms with Crippen LogP contribution in [0.5, 0.6) is 5.75 Å². The Labute approximate surface area is 107 Å². The van der Waals surface area contributed by atoms with Crippen molar-refractivity contribution >= 4 is 11.4 Å². The van der Waals surface area contributed by atoms with E-state index in [1.54, 1.807) is 13.3 Å². The molecule has 2 N–H and O–H groups in total. The maximum absolute atomic E-state index is 5.61. The van der Waals surface area contributed by atoms with Crippen LogP contribution in [0.1, 0.15) is 5.69 Å². The maximum Gasteiger partial charge on any atom is 0.119 e. The summed E-state index contributed by atoms with van der Waals surface area (Å²) < 4.78 is 5.14. The Hall–Kier alpha value is -2.23. The Morgan fingerprint density at radius 1 is 1.17 bits per heavy atom. The minimum absolute atomic E-state index is 0.686. The van der Waals surface area contributed by atoms with Crippen LogP contribution in [0.15, 0.2) is 42.6 Å². The Balaban J connectivity index is 2.06. The molecule has 0 unspecified atom stereocenters. The molecule has 0 atom stereocenters. The van der Waals surface area contributed by atoms with Crippen molar-refractivity contribution in [2.45, 2.75) is 6.54 Å². The van der Waals surface area contributed by atoms with Crippen molar-refractivity contribution in [3.8, 4) is 5.75 Å². The van der Waals surface area contributed by atoms with E-state index >= 15 is 0 Å². The van der Waals surface area contributed by atoms with Crippen molar-refractivity contribution in [1.29, 1.82) is 0 Å². The second-order valence-corrected chi connectivity index (χ2v) is 4.14. The topological polar surface area (TPSA) is 51.4 Å². The number of pyridine rings is 1. The quantitative estimate of drug-likeness (QED) is 0.895. The highest BCUT2D eigenvalue weighted by Gasteiger charge is 2.03. The van der Waals surface area contributed by atoms with Gasteiger partial charge in [-0.2, -0.15) is 0 Å². The zero-order chi connectivity index (χ0) is 13.0. The van der Waals surface area contributed by atoms with Crippen molar-refractivity contribution in [2.75, 3.05) is 24.8 Å². The monoisotopic (exact) mass is 243 g/mol. The molecule has 1 heterocycles. The number of anilines is 2. The lowest BCUT2D eigenvalue weighted by molar-refractivity contribution is 0.415. The minimum Gasteiger partial charge on any atom is -0.497 e. The molecule has 0 bridgehead atoms. The largest absolute Gasteiger partial charge is 0.497 e. The third-order valence-corrected chi connectivity index (χ3v) is 2.76. The molecule has 18 heavy (non-hydrogen) atoms. The average Bonchev–Trinajstić information content (AvgIpc) is 2.41. The number of hydrogen-bond acceptors (Lipinski definition) is 4. The highest BCUT2D eigenvalue weighted by atomic mass is 16.5. The first-order valence-corrected chi connectivity index (χ1v) is 5.74. The van der Waals surface area contributed by atoms with Crippen LogP contribution in [0.2, 0.25) is 0 Å². The zero-order valence-electron chi connectivity index (χ0n) is 10.6. The van der Waals surface area contributed by atoms with Crippen LogP contribution < -0.4 is 15.4 Å². The van der Waals surface area contributed by atoms with Gasteiger partial charge in [-0.05, 0) is 36.4 Å². The summed E-state index contributed by atoms with van der Waals surface area (Å²) in [6.07, 6.45) is 1.68. The molecule has 2 aromatic rings. The number of hydrogen-bond donors (Lipinski definition) is 1. The molecule has 0 saturated carbocycles. The van der Waals surface area contributed by atoms with E-state index in [-0.39, 0.29) is 0 Å². The van der Waals surface area contributed by atoms with Gasteiger partial charge in [0.25, 0.3) is 0 Å². The lowest BCUT2D eigenvalue weighted by Gasteiger charge is -2.19. The maximum atomic E-state index is 5.61. The number of nitrogen functional groups attached to an aromatic ring is 1. The highest BCUT2D eigenvalue weighted by molar-refractivity contribution is 5.48. The molecule has 0 aliphatic rings. The second kappa shape index (κ2) is 5.40. The molecule has 0 fully saturated rings. The lowest BCUT2D eigenvalue weighted by Crippen LogP contribution is -2.17. The molecule has 0 radical (unpaired) electrons. The normalized spacial score (nSPS) is 10.1. The van der Waals surface area contributed by atoms with E-state index in [9.17, 15) is 0 Å². The summed E-state index contributed by atoms with van der Waals surface area (Å²) in [6.45, 7) is 0.743. The standard InChI is InChI=1S/C14H17N3O/c1-17(10-12-4-3-11(15)9-16-12)13-5-7-14(18-2)8-6-13/h3-9H,10,15H2,1-2H3. The molecule has 4 nitrogen and oxygen atoms in total. The predicted molar refractivity (Wildman–Crippen MR) is 73.8 cm³/mol. The summed E-state index contributed by atoms with van der Waals surface area (Å²) >= 11 is 0. The molecule has 1 aromatic heterocycles. The van der Waals surface area contributed by atoms with Crippen LogP contribution in [0.25, 0.3) is 0 Å². The number of nitrogens with two attached hydrogens (primary N) is 1. The predicted octanol–water partition coefficient (Wildman–Crippen LogP) is 2.31. The second-order valence-electron chi connectivity index (χ2n) is 4.14. The van der Waals surface area contributed by atoms with E-state index in [1.165, 1.54) is 0 Å². The lowest BCUT2D eigenvalue weighted by atomic mass is 10.2. The molecule has 0 saturated heterocycles. The molecule has 0 amide bonds. The molecule has 0 aliphatic heterocycles. The summed E-state index contributed by atoms with van der Waals surface area (Å²) in [5.74, 6) is 0.859. The highest BCUT2D eigenvalue weighted by Crippen LogP contribution is 2.19. The zero-order valence-corrected chi connectivity index (χ0v) is 10.6. The van der Waals surface area contributed by atoms with Crippen molar-refractivity contribution in [3.63, 3.8) is 0 Å². The number of nitrogens with zero attached hydrogens (tertiary/aromatic N) is 2. The van der Waals surface area contributed by atoms with Crippen molar-refractivity contribution in [2.24, 2.45) is 0 Å². The van der Waals surface area contributed by atoms with Crippen LogP contribution in [-0.4, -0.2) is 19.1 Å². The fourth-order valence-electron chi connectivity index (χ4n) is 1.70. The van der Waals surface area contributed by atoms with Crippen LogP contribution in [0, 0.1) is 0 Å². The van der Waals surface area contributed by atoms with Crippen molar-refractivity contribution < 1.29 is 4.74 Å². The van der Waals surface area contributed by atoms with Gasteiger partial charge in [0.2, 0.25) is 0 Å². The molecule has 2 rings (SSSR count). The van der Waals surface area contributed by atoms with Gasteiger partial charge in [-0.3, -0.25) is 4.98 Å². The third kappa shape index (κ3) is 2.91.